The fourth-order valence-corrected chi connectivity index (χ4v) is 2.17. The smallest absolute Gasteiger partial charge is 0.305 e. The van der Waals surface area contributed by atoms with E-state index in [1.54, 1.807) is 6.92 Å². The second-order valence-electron chi connectivity index (χ2n) is 4.78. The summed E-state index contributed by atoms with van der Waals surface area (Å²) in [4.78, 5) is 22.3. The number of carbonyl (C=O) groups excluding carboxylic acids is 1. The number of carboxylic acids is 1. The Bertz CT molecular complexity index is 498. The molecule has 1 unspecified atom stereocenters. The van der Waals surface area contributed by atoms with Gasteiger partial charge >= 0.3 is 5.97 Å². The number of rotatable bonds is 5. The molecule has 0 aromatic heterocycles. The van der Waals surface area contributed by atoms with E-state index in [1.165, 1.54) is 0 Å². The van der Waals surface area contributed by atoms with Crippen LogP contribution in [0.5, 0.6) is 5.75 Å². The molecule has 19 heavy (non-hydrogen) atoms. The third-order valence-corrected chi connectivity index (χ3v) is 3.01. The number of benzene rings is 1. The van der Waals surface area contributed by atoms with Gasteiger partial charge in [0.1, 0.15) is 5.75 Å². The van der Waals surface area contributed by atoms with E-state index in [0.29, 0.717) is 6.61 Å². The van der Waals surface area contributed by atoms with Crippen LogP contribution in [0.4, 0.5) is 0 Å². The van der Waals surface area contributed by atoms with Crippen molar-refractivity contribution >= 4 is 11.9 Å². The van der Waals surface area contributed by atoms with E-state index in [1.807, 2.05) is 18.2 Å². The highest BCUT2D eigenvalue weighted by Gasteiger charge is 2.15. The molecule has 0 spiro atoms. The average molecular weight is 263 g/mol. The largest absolute Gasteiger partial charge is 0.493 e. The van der Waals surface area contributed by atoms with E-state index < -0.39 is 5.97 Å². The van der Waals surface area contributed by atoms with Crippen molar-refractivity contribution in [2.24, 2.45) is 0 Å². The number of aliphatic carboxylic acids is 1. The molecule has 0 saturated carbocycles. The maximum absolute atomic E-state index is 11.8. The number of hydrogen-bond acceptors (Lipinski definition) is 3. The zero-order valence-electron chi connectivity index (χ0n) is 10.8. The summed E-state index contributed by atoms with van der Waals surface area (Å²) in [5.74, 6) is -0.182. The van der Waals surface area contributed by atoms with Gasteiger partial charge in [-0.1, -0.05) is 12.1 Å². The Morgan fingerprint density at radius 2 is 2.26 bits per heavy atom. The first kappa shape index (κ1) is 13.4. The molecule has 0 aliphatic carbocycles. The van der Waals surface area contributed by atoms with Crippen LogP contribution in [0.2, 0.25) is 0 Å². The van der Waals surface area contributed by atoms with Crippen LogP contribution in [-0.2, 0) is 22.4 Å². The molecule has 0 fully saturated rings. The van der Waals surface area contributed by atoms with Crippen LogP contribution < -0.4 is 10.1 Å². The van der Waals surface area contributed by atoms with Gasteiger partial charge in [0.25, 0.3) is 0 Å². The SMILES string of the molecule is CC(CC(=O)O)NC(=O)Cc1ccc2c(c1)CCO2. The lowest BCUT2D eigenvalue weighted by molar-refractivity contribution is -0.137. The first-order valence-electron chi connectivity index (χ1n) is 6.30. The van der Waals surface area contributed by atoms with E-state index in [-0.39, 0.29) is 24.8 Å². The molecule has 1 aromatic rings. The van der Waals surface area contributed by atoms with Crippen LogP contribution in [-0.4, -0.2) is 29.6 Å². The number of carboxylic acid groups (broad SMARTS) is 1. The van der Waals surface area contributed by atoms with Crippen LogP contribution in [0.15, 0.2) is 18.2 Å². The van der Waals surface area contributed by atoms with Crippen LogP contribution in [0, 0.1) is 0 Å². The van der Waals surface area contributed by atoms with E-state index >= 15 is 0 Å². The van der Waals surface area contributed by atoms with Gasteiger partial charge in [0, 0.05) is 12.5 Å². The van der Waals surface area contributed by atoms with Crippen LogP contribution in [0.25, 0.3) is 0 Å². The van der Waals surface area contributed by atoms with Crippen LogP contribution in [0.1, 0.15) is 24.5 Å². The Morgan fingerprint density at radius 1 is 1.47 bits per heavy atom. The Labute approximate surface area is 111 Å². The second kappa shape index (κ2) is 5.73. The molecule has 1 heterocycles. The predicted octanol–water partition coefficient (Wildman–Crippen LogP) is 1.14. The van der Waals surface area contributed by atoms with E-state index in [4.69, 9.17) is 9.84 Å². The number of ether oxygens (including phenoxy) is 1. The normalized spacial score (nSPS) is 14.4. The zero-order valence-corrected chi connectivity index (χ0v) is 10.8. The average Bonchev–Trinajstić information content (AvgIpc) is 2.74. The first-order valence-corrected chi connectivity index (χ1v) is 6.30. The first-order chi connectivity index (χ1) is 9.04. The molecular formula is C14H17NO4. The number of fused-ring (bicyclic) bond motifs is 1. The molecule has 0 bridgehead atoms. The van der Waals surface area contributed by atoms with Gasteiger partial charge in [-0.25, -0.2) is 0 Å². The van der Waals surface area contributed by atoms with E-state index in [0.717, 1.165) is 23.3 Å². The molecule has 1 aromatic carbocycles. The van der Waals surface area contributed by atoms with Gasteiger partial charge in [-0.15, -0.1) is 0 Å². The molecule has 1 aliphatic rings. The Morgan fingerprint density at radius 3 is 3.00 bits per heavy atom. The Hall–Kier alpha value is -2.04. The standard InChI is InChI=1S/C14H17NO4/c1-9(6-14(17)18)15-13(16)8-10-2-3-12-11(7-10)4-5-19-12/h2-3,7,9H,4-6,8H2,1H3,(H,15,16)(H,17,18). The lowest BCUT2D eigenvalue weighted by Gasteiger charge is -2.11. The maximum Gasteiger partial charge on any atom is 0.305 e. The highest BCUT2D eigenvalue weighted by molar-refractivity contribution is 5.79. The van der Waals surface area contributed by atoms with Gasteiger partial charge < -0.3 is 15.2 Å². The summed E-state index contributed by atoms with van der Waals surface area (Å²) < 4.78 is 5.40. The summed E-state index contributed by atoms with van der Waals surface area (Å²) in [6.07, 6.45) is 1.07. The van der Waals surface area contributed by atoms with Crippen molar-refractivity contribution in [3.63, 3.8) is 0 Å². The topological polar surface area (TPSA) is 75.6 Å². The van der Waals surface area contributed by atoms with Gasteiger partial charge in [-0.3, -0.25) is 9.59 Å². The summed E-state index contributed by atoms with van der Waals surface area (Å²) in [6, 6.07) is 5.36. The minimum Gasteiger partial charge on any atom is -0.493 e. The molecule has 1 atom stereocenters. The molecule has 5 heteroatoms. The van der Waals surface area contributed by atoms with Gasteiger partial charge in [0.15, 0.2) is 0 Å². The summed E-state index contributed by atoms with van der Waals surface area (Å²) in [5, 5.41) is 11.3. The quantitative estimate of drug-likeness (QED) is 0.835. The monoisotopic (exact) mass is 263 g/mol. The lowest BCUT2D eigenvalue weighted by Crippen LogP contribution is -2.35. The Balaban J connectivity index is 1.90. The molecule has 102 valence electrons. The van der Waals surface area contributed by atoms with Crippen molar-refractivity contribution in [1.29, 1.82) is 0 Å². The second-order valence-corrected chi connectivity index (χ2v) is 4.78. The summed E-state index contributed by atoms with van der Waals surface area (Å²) in [6.45, 7) is 2.38. The lowest BCUT2D eigenvalue weighted by atomic mass is 10.1. The minimum absolute atomic E-state index is 0.0657. The molecular weight excluding hydrogens is 246 g/mol. The van der Waals surface area contributed by atoms with Crippen molar-refractivity contribution < 1.29 is 19.4 Å². The fourth-order valence-electron chi connectivity index (χ4n) is 2.17. The number of hydrogen-bond donors (Lipinski definition) is 2. The van der Waals surface area contributed by atoms with Crippen molar-refractivity contribution in [2.75, 3.05) is 6.61 Å². The minimum atomic E-state index is -0.914. The maximum atomic E-state index is 11.8. The van der Waals surface area contributed by atoms with Crippen LogP contribution >= 0.6 is 0 Å². The van der Waals surface area contributed by atoms with Crippen molar-refractivity contribution in [3.05, 3.63) is 29.3 Å². The summed E-state index contributed by atoms with van der Waals surface area (Å²) in [7, 11) is 0. The van der Waals surface area contributed by atoms with Gasteiger partial charge in [-0.05, 0) is 24.1 Å². The highest BCUT2D eigenvalue weighted by atomic mass is 16.5. The molecule has 2 N–H and O–H groups in total. The zero-order chi connectivity index (χ0) is 13.8. The summed E-state index contributed by atoms with van der Waals surface area (Å²) in [5.41, 5.74) is 2.05. The number of amides is 1. The molecule has 1 aliphatic heterocycles. The summed E-state index contributed by atoms with van der Waals surface area (Å²) >= 11 is 0. The third-order valence-electron chi connectivity index (χ3n) is 3.01. The van der Waals surface area contributed by atoms with Crippen molar-refractivity contribution in [3.8, 4) is 5.75 Å². The van der Waals surface area contributed by atoms with E-state index in [9.17, 15) is 9.59 Å². The molecule has 5 nitrogen and oxygen atoms in total. The van der Waals surface area contributed by atoms with E-state index in [2.05, 4.69) is 5.32 Å². The number of carbonyl (C=O) groups is 2. The number of nitrogens with one attached hydrogen (secondary N) is 1. The highest BCUT2D eigenvalue weighted by Crippen LogP contribution is 2.25. The third kappa shape index (κ3) is 3.71. The van der Waals surface area contributed by atoms with Gasteiger partial charge in [-0.2, -0.15) is 0 Å². The molecule has 0 saturated heterocycles. The van der Waals surface area contributed by atoms with Crippen molar-refractivity contribution in [1.82, 2.24) is 5.32 Å². The molecule has 2 rings (SSSR count). The molecule has 0 radical (unpaired) electrons. The van der Waals surface area contributed by atoms with Crippen LogP contribution in [0.3, 0.4) is 0 Å². The Kier molecular flexibility index (Phi) is 4.04. The predicted molar refractivity (Wildman–Crippen MR) is 69.2 cm³/mol. The van der Waals surface area contributed by atoms with Gasteiger partial charge in [0.05, 0.1) is 19.4 Å². The molecule has 1 amide bonds. The van der Waals surface area contributed by atoms with Gasteiger partial charge in [0.2, 0.25) is 5.91 Å². The van der Waals surface area contributed by atoms with Crippen molar-refractivity contribution in [2.45, 2.75) is 32.2 Å². The fraction of sp³-hybridized carbons (Fsp3) is 0.429.